The van der Waals surface area contributed by atoms with E-state index in [0.29, 0.717) is 27.5 Å². The zero-order valence-corrected chi connectivity index (χ0v) is 21.6. The molecule has 1 unspecified atom stereocenters. The average molecular weight is 547 g/mol. The van der Waals surface area contributed by atoms with Crippen LogP contribution in [0.4, 0.5) is 5.00 Å². The molecule has 3 aromatic rings. The zero-order chi connectivity index (χ0) is 23.4. The molecule has 0 spiro atoms. The SMILES string of the molecule is CCC1CCc2c(sc(NC(=O)CSc3nnc(COc4ccc(Br)cc4)n3C)c2C#N)C1. The number of rotatable bonds is 8. The van der Waals surface area contributed by atoms with Gasteiger partial charge in [0.25, 0.3) is 0 Å². The highest BCUT2D eigenvalue weighted by molar-refractivity contribution is 9.10. The average Bonchev–Trinajstić information content (AvgIpc) is 3.35. The molecule has 0 saturated carbocycles. The number of thioether (sulfide) groups is 1. The maximum Gasteiger partial charge on any atom is 0.235 e. The van der Waals surface area contributed by atoms with E-state index in [2.05, 4.69) is 44.4 Å². The summed E-state index contributed by atoms with van der Waals surface area (Å²) in [6.45, 7) is 2.49. The first-order chi connectivity index (χ1) is 16.0. The lowest BCUT2D eigenvalue weighted by Gasteiger charge is -2.20. The number of carbonyl (C=O) groups is 1. The molecule has 0 bridgehead atoms. The van der Waals surface area contributed by atoms with E-state index in [9.17, 15) is 10.1 Å². The number of halogens is 1. The first-order valence-electron chi connectivity index (χ1n) is 10.7. The molecule has 0 fully saturated rings. The largest absolute Gasteiger partial charge is 0.486 e. The van der Waals surface area contributed by atoms with Crippen molar-refractivity contribution in [2.45, 2.75) is 44.4 Å². The van der Waals surface area contributed by atoms with E-state index in [1.54, 1.807) is 11.3 Å². The standard InChI is InChI=1S/C23H24BrN5O2S2/c1-3-14-4-9-17-18(11-25)22(33-19(17)10-14)26-21(30)13-32-23-28-27-20(29(23)2)12-31-16-7-5-15(24)6-8-16/h5-8,14H,3-4,9-10,12-13H2,1-2H3,(H,26,30). The molecule has 0 saturated heterocycles. The first-order valence-corrected chi connectivity index (χ1v) is 13.3. The minimum absolute atomic E-state index is 0.155. The van der Waals surface area contributed by atoms with Crippen molar-refractivity contribution >= 4 is 49.9 Å². The number of nitrogens with one attached hydrogen (secondary N) is 1. The number of aromatic nitrogens is 3. The van der Waals surface area contributed by atoms with Crippen LogP contribution in [-0.2, 0) is 31.3 Å². The molecule has 1 N–H and O–H groups in total. The Morgan fingerprint density at radius 2 is 2.18 bits per heavy atom. The van der Waals surface area contributed by atoms with Gasteiger partial charge in [0.15, 0.2) is 11.0 Å². The van der Waals surface area contributed by atoms with Gasteiger partial charge in [-0.05, 0) is 55.0 Å². The number of hydrogen-bond donors (Lipinski definition) is 1. The van der Waals surface area contributed by atoms with Crippen LogP contribution in [0.3, 0.4) is 0 Å². The van der Waals surface area contributed by atoms with E-state index in [1.807, 2.05) is 35.9 Å². The van der Waals surface area contributed by atoms with Crippen LogP contribution in [-0.4, -0.2) is 26.4 Å². The Morgan fingerprint density at radius 1 is 1.39 bits per heavy atom. The number of thiophene rings is 1. The van der Waals surface area contributed by atoms with Crippen LogP contribution >= 0.6 is 39.0 Å². The molecule has 1 atom stereocenters. The number of nitriles is 1. The molecule has 1 aliphatic carbocycles. The van der Waals surface area contributed by atoms with Gasteiger partial charge in [0.2, 0.25) is 5.91 Å². The zero-order valence-electron chi connectivity index (χ0n) is 18.4. The molecule has 7 nitrogen and oxygen atoms in total. The molecule has 10 heteroatoms. The summed E-state index contributed by atoms with van der Waals surface area (Å²) >= 11 is 6.26. The van der Waals surface area contributed by atoms with Crippen LogP contribution in [0.15, 0.2) is 33.9 Å². The Bertz CT molecular complexity index is 1180. The number of ether oxygens (including phenoxy) is 1. The first kappa shape index (κ1) is 23.8. The van der Waals surface area contributed by atoms with Crippen LogP contribution < -0.4 is 10.1 Å². The molecule has 172 valence electrons. The second kappa shape index (κ2) is 10.7. The summed E-state index contributed by atoms with van der Waals surface area (Å²) in [6, 6.07) is 9.88. The fourth-order valence-corrected chi connectivity index (χ4v) is 6.10. The number of fused-ring (bicyclic) bond motifs is 1. The summed E-state index contributed by atoms with van der Waals surface area (Å²) in [6.07, 6.45) is 4.17. The summed E-state index contributed by atoms with van der Waals surface area (Å²) in [5.74, 6) is 2.11. The van der Waals surface area contributed by atoms with E-state index < -0.39 is 0 Å². The molecule has 1 amide bonds. The fourth-order valence-electron chi connectivity index (χ4n) is 3.78. The summed E-state index contributed by atoms with van der Waals surface area (Å²) < 4.78 is 8.58. The van der Waals surface area contributed by atoms with E-state index in [0.717, 1.165) is 41.5 Å². The molecule has 33 heavy (non-hydrogen) atoms. The Labute approximate surface area is 209 Å². The van der Waals surface area contributed by atoms with Gasteiger partial charge in [-0.25, -0.2) is 0 Å². The van der Waals surface area contributed by atoms with E-state index >= 15 is 0 Å². The van der Waals surface area contributed by atoms with E-state index in [-0.39, 0.29) is 18.3 Å². The van der Waals surface area contributed by atoms with Crippen molar-refractivity contribution in [2.24, 2.45) is 13.0 Å². The highest BCUT2D eigenvalue weighted by Crippen LogP contribution is 2.40. The van der Waals surface area contributed by atoms with Crippen molar-refractivity contribution in [1.29, 1.82) is 5.26 Å². The van der Waals surface area contributed by atoms with Gasteiger partial charge < -0.3 is 14.6 Å². The highest BCUT2D eigenvalue weighted by atomic mass is 79.9. The van der Waals surface area contributed by atoms with Crippen LogP contribution in [0.5, 0.6) is 5.75 Å². The quantitative estimate of drug-likeness (QED) is 0.384. The molecular weight excluding hydrogens is 522 g/mol. The second-order valence-electron chi connectivity index (χ2n) is 7.87. The van der Waals surface area contributed by atoms with Crippen molar-refractivity contribution in [3.05, 3.63) is 50.6 Å². The Kier molecular flexibility index (Phi) is 7.73. The summed E-state index contributed by atoms with van der Waals surface area (Å²) in [5, 5.41) is 22.3. The van der Waals surface area contributed by atoms with Gasteiger partial charge in [-0.1, -0.05) is 41.0 Å². The molecule has 0 aliphatic heterocycles. The predicted octanol–water partition coefficient (Wildman–Crippen LogP) is 5.34. The number of carbonyl (C=O) groups excluding carboxylic acids is 1. The van der Waals surface area contributed by atoms with E-state index in [4.69, 9.17) is 4.74 Å². The van der Waals surface area contributed by atoms with Gasteiger partial charge in [-0.15, -0.1) is 21.5 Å². The molecule has 4 rings (SSSR count). The molecule has 2 aromatic heterocycles. The lowest BCUT2D eigenvalue weighted by atomic mass is 9.86. The second-order valence-corrected chi connectivity index (χ2v) is 10.8. The molecular formula is C23H24BrN5O2S2. The van der Waals surface area contributed by atoms with Crippen LogP contribution in [0, 0.1) is 17.2 Å². The van der Waals surface area contributed by atoms with E-state index in [1.165, 1.54) is 16.6 Å². The lowest BCUT2D eigenvalue weighted by molar-refractivity contribution is -0.113. The number of benzene rings is 1. The maximum absolute atomic E-state index is 12.6. The number of nitrogens with zero attached hydrogens (tertiary/aromatic N) is 4. The smallest absolute Gasteiger partial charge is 0.235 e. The third-order valence-electron chi connectivity index (χ3n) is 5.75. The summed E-state index contributed by atoms with van der Waals surface area (Å²) in [7, 11) is 1.85. The van der Waals surface area contributed by atoms with Gasteiger partial charge >= 0.3 is 0 Å². The minimum Gasteiger partial charge on any atom is -0.486 e. The van der Waals surface area contributed by atoms with Gasteiger partial charge in [-0.3, -0.25) is 4.79 Å². The Morgan fingerprint density at radius 3 is 2.91 bits per heavy atom. The van der Waals surface area contributed by atoms with Crippen molar-refractivity contribution in [2.75, 3.05) is 11.1 Å². The van der Waals surface area contributed by atoms with Gasteiger partial charge in [0, 0.05) is 16.4 Å². The normalized spacial score (nSPS) is 15.0. The summed E-state index contributed by atoms with van der Waals surface area (Å²) in [5.41, 5.74) is 1.76. The number of anilines is 1. The van der Waals surface area contributed by atoms with Crippen molar-refractivity contribution < 1.29 is 9.53 Å². The molecule has 2 heterocycles. The van der Waals surface area contributed by atoms with Gasteiger partial charge in [0.05, 0.1) is 11.3 Å². The fraction of sp³-hybridized carbons (Fsp3) is 0.391. The number of amides is 1. The van der Waals surface area contributed by atoms with Crippen molar-refractivity contribution in [3.8, 4) is 11.8 Å². The van der Waals surface area contributed by atoms with Crippen LogP contribution in [0.25, 0.3) is 0 Å². The predicted molar refractivity (Wildman–Crippen MR) is 134 cm³/mol. The van der Waals surface area contributed by atoms with Crippen LogP contribution in [0.1, 0.15) is 41.6 Å². The van der Waals surface area contributed by atoms with Crippen molar-refractivity contribution in [1.82, 2.24) is 14.8 Å². The topological polar surface area (TPSA) is 92.8 Å². The number of hydrogen-bond acceptors (Lipinski definition) is 7. The van der Waals surface area contributed by atoms with Crippen molar-refractivity contribution in [3.63, 3.8) is 0 Å². The van der Waals surface area contributed by atoms with Crippen LogP contribution in [0.2, 0.25) is 0 Å². The monoisotopic (exact) mass is 545 g/mol. The van der Waals surface area contributed by atoms with Gasteiger partial charge in [0.1, 0.15) is 23.4 Å². The summed E-state index contributed by atoms with van der Waals surface area (Å²) in [4.78, 5) is 13.9. The Hall–Kier alpha value is -2.35. The molecule has 0 radical (unpaired) electrons. The lowest BCUT2D eigenvalue weighted by Crippen LogP contribution is -2.15. The molecule has 1 aromatic carbocycles. The minimum atomic E-state index is -0.155. The molecule has 1 aliphatic rings. The maximum atomic E-state index is 12.6. The Balaban J connectivity index is 1.34. The third kappa shape index (κ3) is 5.60. The third-order valence-corrected chi connectivity index (χ3v) is 8.47. The van der Waals surface area contributed by atoms with Gasteiger partial charge in [-0.2, -0.15) is 5.26 Å². The highest BCUT2D eigenvalue weighted by Gasteiger charge is 2.25.